The molecule has 2 nitrogen and oxygen atoms in total. The fourth-order valence-corrected chi connectivity index (χ4v) is 1.29. The molecule has 0 heterocycles. The summed E-state index contributed by atoms with van der Waals surface area (Å²) in [7, 11) is 1.53. The maximum absolute atomic E-state index is 12.3. The van der Waals surface area contributed by atoms with Crippen LogP contribution in [-0.2, 0) is 4.74 Å². The molecule has 0 rings (SSSR count). The normalized spacial score (nSPS) is 13.4. The summed E-state index contributed by atoms with van der Waals surface area (Å²) >= 11 is 0. The molecule has 0 bridgehead atoms. The van der Waals surface area contributed by atoms with Gasteiger partial charge >= 0.3 is 58.4 Å². The van der Waals surface area contributed by atoms with E-state index in [1.54, 1.807) is 4.90 Å². The van der Waals surface area contributed by atoms with Crippen molar-refractivity contribution in [2.45, 2.75) is 19.9 Å². The molecule has 0 saturated heterocycles. The van der Waals surface area contributed by atoms with Crippen LogP contribution in [0.25, 0.3) is 0 Å². The number of halogens is 3. The summed E-state index contributed by atoms with van der Waals surface area (Å²) in [6.07, 6.45) is 0. The number of methoxy groups -OCH3 is 1. The molecular weight excluding hydrogens is 245 g/mol. The van der Waals surface area contributed by atoms with Crippen LogP contribution in [0.1, 0.15) is 13.8 Å². The smallest absolute Gasteiger partial charge is 0.445 e. The number of likely N-dealkylation sites (N-methyl/N-ethyl adjacent to an activating group) is 1. The van der Waals surface area contributed by atoms with Gasteiger partial charge in [-0.05, 0) is 20.0 Å². The Morgan fingerprint density at radius 2 is 1.94 bits per heavy atom. The van der Waals surface area contributed by atoms with E-state index in [-0.39, 0.29) is 64.0 Å². The Balaban J connectivity index is 0. The first-order valence-electron chi connectivity index (χ1n) is 4.93. The van der Waals surface area contributed by atoms with Crippen molar-refractivity contribution in [1.82, 2.24) is 4.90 Å². The molecule has 0 aliphatic carbocycles. The Labute approximate surface area is 138 Å². The molecule has 0 N–H and O–H groups in total. The molecule has 0 saturated carbocycles. The van der Waals surface area contributed by atoms with E-state index in [9.17, 15) is 12.9 Å². The second-order valence-corrected chi connectivity index (χ2v) is 3.60. The minimum atomic E-state index is -4.93. The molecule has 0 aliphatic heterocycles. The van der Waals surface area contributed by atoms with Gasteiger partial charge in [0.05, 0.1) is 6.61 Å². The first-order chi connectivity index (χ1) is 6.82. The van der Waals surface area contributed by atoms with Crippen LogP contribution in [0.15, 0.2) is 12.1 Å². The number of rotatable bonds is 7. The standard InChI is InChI=1S/C9H18BF3NO.K/c1-5-14(9(3)7-15-4)6-8(2)10(11,12)13;/h9H,2,5-7H2,1,3-4H3;/q-1;+1. The van der Waals surface area contributed by atoms with E-state index in [0.717, 1.165) is 0 Å². The summed E-state index contributed by atoms with van der Waals surface area (Å²) in [5.74, 6) is 0. The fraction of sp³-hybridized carbons (Fsp3) is 0.778. The minimum Gasteiger partial charge on any atom is -0.445 e. The molecule has 0 radical (unpaired) electrons. The third-order valence-electron chi connectivity index (χ3n) is 2.31. The van der Waals surface area contributed by atoms with Gasteiger partial charge in [-0.2, -0.15) is 0 Å². The zero-order valence-electron chi connectivity index (χ0n) is 10.5. The molecule has 0 spiro atoms. The maximum atomic E-state index is 12.3. The van der Waals surface area contributed by atoms with Crippen LogP contribution in [-0.4, -0.2) is 44.7 Å². The monoisotopic (exact) mass is 263 g/mol. The van der Waals surface area contributed by atoms with Gasteiger partial charge in [0.15, 0.2) is 0 Å². The Bertz CT molecular complexity index is 213. The van der Waals surface area contributed by atoms with Crippen LogP contribution in [0.3, 0.4) is 0 Å². The summed E-state index contributed by atoms with van der Waals surface area (Å²) in [5.41, 5.74) is -0.653. The number of hydrogen-bond acceptors (Lipinski definition) is 2. The van der Waals surface area contributed by atoms with E-state index in [0.29, 0.717) is 13.2 Å². The van der Waals surface area contributed by atoms with Gasteiger partial charge < -0.3 is 17.7 Å². The molecular formula is C9H18BF3KNO. The molecule has 0 aromatic heterocycles. The van der Waals surface area contributed by atoms with Crippen LogP contribution in [0.2, 0.25) is 0 Å². The van der Waals surface area contributed by atoms with Gasteiger partial charge in [0.2, 0.25) is 0 Å². The second kappa shape index (κ2) is 9.13. The van der Waals surface area contributed by atoms with Crippen molar-refractivity contribution in [3.8, 4) is 0 Å². The quantitative estimate of drug-likeness (QED) is 0.563. The topological polar surface area (TPSA) is 12.5 Å². The van der Waals surface area contributed by atoms with Crippen LogP contribution in [0.4, 0.5) is 12.9 Å². The summed E-state index contributed by atoms with van der Waals surface area (Å²) < 4.78 is 41.8. The Morgan fingerprint density at radius 3 is 2.25 bits per heavy atom. The minimum absolute atomic E-state index is 0. The zero-order valence-corrected chi connectivity index (χ0v) is 13.6. The average molecular weight is 263 g/mol. The van der Waals surface area contributed by atoms with Crippen LogP contribution in [0.5, 0.6) is 0 Å². The van der Waals surface area contributed by atoms with E-state index in [2.05, 4.69) is 6.58 Å². The van der Waals surface area contributed by atoms with Crippen molar-refractivity contribution < 1.29 is 69.1 Å². The molecule has 16 heavy (non-hydrogen) atoms. The van der Waals surface area contributed by atoms with Crippen LogP contribution < -0.4 is 51.4 Å². The van der Waals surface area contributed by atoms with Gasteiger partial charge in [0, 0.05) is 13.2 Å². The van der Waals surface area contributed by atoms with E-state index >= 15 is 0 Å². The van der Waals surface area contributed by atoms with Gasteiger partial charge in [0.25, 0.3) is 0 Å². The first kappa shape index (κ1) is 19.5. The first-order valence-corrected chi connectivity index (χ1v) is 4.93. The molecule has 0 fully saturated rings. The third kappa shape index (κ3) is 7.47. The number of nitrogens with zero attached hydrogens (tertiary/aromatic N) is 1. The number of ether oxygens (including phenoxy) is 1. The molecule has 0 amide bonds. The molecule has 0 aromatic rings. The fourth-order valence-electron chi connectivity index (χ4n) is 1.29. The number of hydrogen-bond donors (Lipinski definition) is 0. The van der Waals surface area contributed by atoms with E-state index in [4.69, 9.17) is 4.74 Å². The predicted molar refractivity (Wildman–Crippen MR) is 56.8 cm³/mol. The van der Waals surface area contributed by atoms with Crippen molar-refractivity contribution in [3.05, 3.63) is 12.1 Å². The van der Waals surface area contributed by atoms with E-state index < -0.39 is 12.4 Å². The summed E-state index contributed by atoms with van der Waals surface area (Å²) in [6, 6.07) is -0.0325. The van der Waals surface area contributed by atoms with Gasteiger partial charge in [-0.1, -0.05) is 6.92 Å². The Morgan fingerprint density at radius 1 is 1.44 bits per heavy atom. The summed E-state index contributed by atoms with van der Waals surface area (Å²) in [6.45, 7) is 2.65. The second-order valence-electron chi connectivity index (χ2n) is 3.60. The third-order valence-corrected chi connectivity index (χ3v) is 2.31. The average Bonchev–Trinajstić information content (AvgIpc) is 2.12. The molecule has 1 unspecified atom stereocenters. The molecule has 0 aromatic carbocycles. The van der Waals surface area contributed by atoms with Gasteiger partial charge in [-0.15, -0.1) is 12.1 Å². The maximum Gasteiger partial charge on any atom is 1.00 e. The molecule has 90 valence electrons. The summed E-state index contributed by atoms with van der Waals surface area (Å²) in [4.78, 5) is 1.70. The van der Waals surface area contributed by atoms with Crippen molar-refractivity contribution in [1.29, 1.82) is 0 Å². The summed E-state index contributed by atoms with van der Waals surface area (Å²) in [5, 5.41) is 0. The van der Waals surface area contributed by atoms with Gasteiger partial charge in [0.1, 0.15) is 0 Å². The largest absolute Gasteiger partial charge is 1.00 e. The van der Waals surface area contributed by atoms with Gasteiger partial charge in [-0.25, -0.2) is 0 Å². The van der Waals surface area contributed by atoms with Crippen molar-refractivity contribution >= 4 is 6.98 Å². The van der Waals surface area contributed by atoms with E-state index in [1.165, 1.54) is 7.11 Å². The Kier molecular flexibility index (Phi) is 11.1. The van der Waals surface area contributed by atoms with Crippen LogP contribution >= 0.6 is 0 Å². The SMILES string of the molecule is C=C(CN(CC)C(C)COC)[B-](F)(F)F.[K+]. The molecule has 7 heteroatoms. The van der Waals surface area contributed by atoms with Crippen molar-refractivity contribution in [2.24, 2.45) is 0 Å². The Hall–Kier alpha value is 1.15. The van der Waals surface area contributed by atoms with Crippen molar-refractivity contribution in [2.75, 3.05) is 26.8 Å². The van der Waals surface area contributed by atoms with Crippen LogP contribution in [0, 0.1) is 0 Å². The predicted octanol–water partition coefficient (Wildman–Crippen LogP) is -0.710. The van der Waals surface area contributed by atoms with Crippen molar-refractivity contribution in [3.63, 3.8) is 0 Å². The van der Waals surface area contributed by atoms with Gasteiger partial charge in [-0.3, -0.25) is 4.90 Å². The zero-order chi connectivity index (χ0) is 12.1. The molecule has 0 aliphatic rings. The molecule has 1 atom stereocenters. The van der Waals surface area contributed by atoms with E-state index in [1.807, 2.05) is 13.8 Å².